The number of aryl methyl sites for hydroxylation is 2. The Bertz CT molecular complexity index is 427. The van der Waals surface area contributed by atoms with E-state index in [4.69, 9.17) is 5.73 Å². The van der Waals surface area contributed by atoms with Crippen LogP contribution < -0.4 is 5.73 Å². The lowest BCUT2D eigenvalue weighted by Crippen LogP contribution is -2.13. The van der Waals surface area contributed by atoms with Crippen molar-refractivity contribution in [3.8, 4) is 0 Å². The fraction of sp³-hybridized carbons (Fsp3) is 0.273. The summed E-state index contributed by atoms with van der Waals surface area (Å²) in [5, 5.41) is 4.27. The molecule has 0 aliphatic heterocycles. The van der Waals surface area contributed by atoms with Crippen molar-refractivity contribution in [2.75, 3.05) is 0 Å². The molecule has 2 aromatic rings. The Morgan fingerprint density at radius 1 is 1.27 bits per heavy atom. The van der Waals surface area contributed by atoms with Gasteiger partial charge in [0.2, 0.25) is 0 Å². The number of nitrogens with two attached hydrogens (primary N) is 1. The van der Waals surface area contributed by atoms with Crippen LogP contribution in [0.3, 0.4) is 0 Å². The number of rotatable bonds is 2. The minimum Gasteiger partial charge on any atom is -0.318 e. The first-order valence-corrected chi connectivity index (χ1v) is 4.86. The van der Waals surface area contributed by atoms with Gasteiger partial charge in [0, 0.05) is 7.05 Å². The predicted octanol–water partition coefficient (Wildman–Crippen LogP) is 1.17. The van der Waals surface area contributed by atoms with Crippen LogP contribution >= 0.6 is 0 Å². The number of nitrogens with zero attached hydrogens (tertiary/aromatic N) is 3. The van der Waals surface area contributed by atoms with E-state index in [-0.39, 0.29) is 6.04 Å². The maximum absolute atomic E-state index is 6.06. The zero-order chi connectivity index (χ0) is 10.8. The highest BCUT2D eigenvalue weighted by Crippen LogP contribution is 2.15. The molecule has 15 heavy (non-hydrogen) atoms. The zero-order valence-electron chi connectivity index (χ0n) is 8.88. The van der Waals surface area contributed by atoms with E-state index < -0.39 is 0 Å². The lowest BCUT2D eigenvalue weighted by molar-refractivity contribution is 0.700. The second kappa shape index (κ2) is 3.82. The van der Waals surface area contributed by atoms with E-state index in [0.717, 1.165) is 11.4 Å². The Labute approximate surface area is 88.8 Å². The molecule has 1 aromatic heterocycles. The standard InChI is InChI=1S/C11H14N4/c1-8-13-11(14-15(8)2)10(12)9-6-4-3-5-7-9/h3-7,10H,12H2,1-2H3/t10-/m0/s1. The van der Waals surface area contributed by atoms with Crippen molar-refractivity contribution < 1.29 is 0 Å². The van der Waals surface area contributed by atoms with Crippen LogP contribution in [0.15, 0.2) is 30.3 Å². The van der Waals surface area contributed by atoms with Crippen molar-refractivity contribution in [2.45, 2.75) is 13.0 Å². The molecule has 4 nitrogen and oxygen atoms in total. The zero-order valence-corrected chi connectivity index (χ0v) is 8.88. The average molecular weight is 202 g/mol. The molecule has 0 amide bonds. The molecule has 0 aliphatic carbocycles. The third-order valence-corrected chi connectivity index (χ3v) is 2.43. The van der Waals surface area contributed by atoms with Crippen LogP contribution in [0.25, 0.3) is 0 Å². The lowest BCUT2D eigenvalue weighted by atomic mass is 10.1. The Morgan fingerprint density at radius 2 is 1.93 bits per heavy atom. The Kier molecular flexibility index (Phi) is 2.51. The lowest BCUT2D eigenvalue weighted by Gasteiger charge is -2.06. The molecule has 0 saturated carbocycles. The van der Waals surface area contributed by atoms with Crippen molar-refractivity contribution in [2.24, 2.45) is 12.8 Å². The molecule has 1 atom stereocenters. The summed E-state index contributed by atoms with van der Waals surface area (Å²) in [6.07, 6.45) is 0. The molecule has 0 bridgehead atoms. The predicted molar refractivity (Wildman–Crippen MR) is 58.2 cm³/mol. The maximum atomic E-state index is 6.06. The van der Waals surface area contributed by atoms with Crippen molar-refractivity contribution in [3.63, 3.8) is 0 Å². The molecule has 1 aromatic carbocycles. The molecule has 2 rings (SSSR count). The molecule has 1 heterocycles. The highest BCUT2D eigenvalue weighted by molar-refractivity contribution is 5.23. The van der Waals surface area contributed by atoms with E-state index in [9.17, 15) is 0 Å². The van der Waals surface area contributed by atoms with Crippen molar-refractivity contribution in [1.82, 2.24) is 14.8 Å². The molecule has 0 radical (unpaired) electrons. The smallest absolute Gasteiger partial charge is 0.172 e. The largest absolute Gasteiger partial charge is 0.318 e. The van der Waals surface area contributed by atoms with Gasteiger partial charge in [-0.3, -0.25) is 4.68 Å². The first-order chi connectivity index (χ1) is 7.18. The van der Waals surface area contributed by atoms with Crippen molar-refractivity contribution in [3.05, 3.63) is 47.5 Å². The van der Waals surface area contributed by atoms with Crippen LogP contribution in [-0.4, -0.2) is 14.8 Å². The first-order valence-electron chi connectivity index (χ1n) is 4.86. The van der Waals surface area contributed by atoms with E-state index in [1.807, 2.05) is 44.3 Å². The van der Waals surface area contributed by atoms with Gasteiger partial charge in [-0.05, 0) is 12.5 Å². The summed E-state index contributed by atoms with van der Waals surface area (Å²) in [7, 11) is 1.86. The van der Waals surface area contributed by atoms with Crippen LogP contribution in [0.5, 0.6) is 0 Å². The van der Waals surface area contributed by atoms with Gasteiger partial charge >= 0.3 is 0 Å². The van der Waals surface area contributed by atoms with Gasteiger partial charge < -0.3 is 5.73 Å². The minimum atomic E-state index is -0.244. The van der Waals surface area contributed by atoms with Gasteiger partial charge in [-0.1, -0.05) is 30.3 Å². The van der Waals surface area contributed by atoms with Crippen LogP contribution in [0.2, 0.25) is 0 Å². The van der Waals surface area contributed by atoms with E-state index in [1.165, 1.54) is 0 Å². The molecular weight excluding hydrogens is 188 g/mol. The van der Waals surface area contributed by atoms with Gasteiger partial charge in [0.1, 0.15) is 5.82 Å². The summed E-state index contributed by atoms with van der Waals surface area (Å²) in [5.41, 5.74) is 7.09. The summed E-state index contributed by atoms with van der Waals surface area (Å²) in [6.45, 7) is 1.91. The van der Waals surface area contributed by atoms with Gasteiger partial charge in [0.05, 0.1) is 6.04 Å². The van der Waals surface area contributed by atoms with E-state index in [1.54, 1.807) is 4.68 Å². The van der Waals surface area contributed by atoms with Gasteiger partial charge in [-0.25, -0.2) is 4.98 Å². The molecule has 0 spiro atoms. The maximum Gasteiger partial charge on any atom is 0.172 e. The third-order valence-electron chi connectivity index (χ3n) is 2.43. The number of hydrogen-bond acceptors (Lipinski definition) is 3. The summed E-state index contributed by atoms with van der Waals surface area (Å²) in [5.74, 6) is 1.54. The van der Waals surface area contributed by atoms with Crippen molar-refractivity contribution in [1.29, 1.82) is 0 Å². The van der Waals surface area contributed by atoms with Crippen LogP contribution in [0.4, 0.5) is 0 Å². The molecule has 2 N–H and O–H groups in total. The first kappa shape index (κ1) is 9.86. The fourth-order valence-corrected chi connectivity index (χ4v) is 1.43. The van der Waals surface area contributed by atoms with Gasteiger partial charge in [0.25, 0.3) is 0 Å². The van der Waals surface area contributed by atoms with E-state index >= 15 is 0 Å². The summed E-state index contributed by atoms with van der Waals surface area (Å²) >= 11 is 0. The van der Waals surface area contributed by atoms with Gasteiger partial charge in [-0.15, -0.1) is 0 Å². The number of hydrogen-bond donors (Lipinski definition) is 1. The highest BCUT2D eigenvalue weighted by Gasteiger charge is 2.13. The topological polar surface area (TPSA) is 56.7 Å². The molecule has 0 unspecified atom stereocenters. The molecule has 4 heteroatoms. The summed E-state index contributed by atoms with van der Waals surface area (Å²) < 4.78 is 1.73. The van der Waals surface area contributed by atoms with Crippen LogP contribution in [-0.2, 0) is 7.05 Å². The second-order valence-corrected chi connectivity index (χ2v) is 3.53. The average Bonchev–Trinajstić information content (AvgIpc) is 2.59. The molecule has 78 valence electrons. The number of aromatic nitrogens is 3. The summed E-state index contributed by atoms with van der Waals surface area (Å²) in [6, 6.07) is 9.61. The second-order valence-electron chi connectivity index (χ2n) is 3.53. The highest BCUT2D eigenvalue weighted by atomic mass is 15.3. The summed E-state index contributed by atoms with van der Waals surface area (Å²) in [4.78, 5) is 4.31. The molecule has 0 saturated heterocycles. The van der Waals surface area contributed by atoms with E-state index in [2.05, 4.69) is 10.1 Å². The Hall–Kier alpha value is -1.68. The normalized spacial score (nSPS) is 12.7. The van der Waals surface area contributed by atoms with Crippen LogP contribution in [0, 0.1) is 6.92 Å². The van der Waals surface area contributed by atoms with Crippen molar-refractivity contribution >= 4 is 0 Å². The third kappa shape index (κ3) is 1.89. The van der Waals surface area contributed by atoms with Gasteiger partial charge in [0.15, 0.2) is 5.82 Å². The van der Waals surface area contributed by atoms with Gasteiger partial charge in [-0.2, -0.15) is 5.10 Å². The Morgan fingerprint density at radius 3 is 2.47 bits per heavy atom. The fourth-order valence-electron chi connectivity index (χ4n) is 1.43. The Balaban J connectivity index is 2.32. The van der Waals surface area contributed by atoms with E-state index in [0.29, 0.717) is 5.82 Å². The quantitative estimate of drug-likeness (QED) is 0.795. The number of benzene rings is 1. The molecule has 0 aliphatic rings. The SMILES string of the molecule is Cc1nc([C@@H](N)c2ccccc2)nn1C. The monoisotopic (exact) mass is 202 g/mol. The molecule has 0 fully saturated rings. The molecular formula is C11H14N4. The van der Waals surface area contributed by atoms with Crippen LogP contribution in [0.1, 0.15) is 23.3 Å². The minimum absolute atomic E-state index is 0.244.